The number of aryl methyl sites for hydroxylation is 1. The standard InChI is InChI=1S/C22H22N2O3/c1-4-7-19(21(23)27-18-9-6-8-15(3)14-18)20(5-2)24-17-12-10-16(11-13-17)22(25)26/h4-14,23-24H,2H2,1,3H3,(H,25,26)/b7-4-,20-19-,23-21?. The van der Waals surface area contributed by atoms with Gasteiger partial charge in [0.2, 0.25) is 5.90 Å². The summed E-state index contributed by atoms with van der Waals surface area (Å²) < 4.78 is 5.69. The van der Waals surface area contributed by atoms with Gasteiger partial charge in [0, 0.05) is 5.69 Å². The van der Waals surface area contributed by atoms with Crippen molar-refractivity contribution in [3.05, 3.63) is 95.7 Å². The van der Waals surface area contributed by atoms with Crippen molar-refractivity contribution in [2.75, 3.05) is 5.32 Å². The molecule has 0 aliphatic rings. The Bertz CT molecular complexity index is 909. The van der Waals surface area contributed by atoms with Crippen molar-refractivity contribution >= 4 is 17.6 Å². The third-order valence-corrected chi connectivity index (χ3v) is 3.69. The smallest absolute Gasteiger partial charge is 0.335 e. The van der Waals surface area contributed by atoms with Crippen LogP contribution in [-0.2, 0) is 0 Å². The molecular weight excluding hydrogens is 340 g/mol. The Kier molecular flexibility index (Phi) is 6.72. The molecule has 5 heteroatoms. The maximum absolute atomic E-state index is 11.0. The Labute approximate surface area is 158 Å². The molecule has 2 aromatic rings. The largest absolute Gasteiger partial charge is 0.478 e. The van der Waals surface area contributed by atoms with Gasteiger partial charge in [-0.2, -0.15) is 0 Å². The molecule has 0 spiro atoms. The second kappa shape index (κ2) is 9.20. The van der Waals surface area contributed by atoms with Gasteiger partial charge in [0.05, 0.1) is 16.8 Å². The monoisotopic (exact) mass is 362 g/mol. The predicted molar refractivity (Wildman–Crippen MR) is 109 cm³/mol. The molecule has 0 aromatic heterocycles. The van der Waals surface area contributed by atoms with Crippen LogP contribution in [-0.4, -0.2) is 17.0 Å². The zero-order chi connectivity index (χ0) is 19.8. The van der Waals surface area contributed by atoms with Crippen LogP contribution < -0.4 is 10.1 Å². The molecule has 138 valence electrons. The van der Waals surface area contributed by atoms with E-state index in [4.69, 9.17) is 15.3 Å². The van der Waals surface area contributed by atoms with Crippen molar-refractivity contribution in [1.82, 2.24) is 0 Å². The SMILES string of the molecule is C=C/C(Nc1ccc(C(=O)O)cc1)=C(\C=C/C)C(=N)Oc1cccc(C)c1. The number of allylic oxidation sites excluding steroid dienone is 2. The minimum Gasteiger partial charge on any atom is -0.478 e. The average molecular weight is 362 g/mol. The van der Waals surface area contributed by atoms with E-state index in [1.807, 2.05) is 38.1 Å². The molecule has 3 N–H and O–H groups in total. The number of hydrogen-bond acceptors (Lipinski definition) is 4. The summed E-state index contributed by atoms with van der Waals surface area (Å²) in [7, 11) is 0. The topological polar surface area (TPSA) is 82.4 Å². The normalized spacial score (nSPS) is 11.6. The summed E-state index contributed by atoms with van der Waals surface area (Å²) in [5.74, 6) is -0.427. The highest BCUT2D eigenvalue weighted by Crippen LogP contribution is 2.19. The van der Waals surface area contributed by atoms with E-state index in [9.17, 15) is 4.79 Å². The average Bonchev–Trinajstić information content (AvgIpc) is 2.64. The summed E-state index contributed by atoms with van der Waals surface area (Å²) in [5.41, 5.74) is 3.02. The van der Waals surface area contributed by atoms with E-state index in [0.29, 0.717) is 22.7 Å². The number of carbonyl (C=O) groups is 1. The van der Waals surface area contributed by atoms with Crippen LogP contribution in [0.2, 0.25) is 0 Å². The maximum atomic E-state index is 11.0. The number of hydrogen-bond donors (Lipinski definition) is 3. The molecule has 27 heavy (non-hydrogen) atoms. The highest BCUT2D eigenvalue weighted by Gasteiger charge is 2.11. The quantitative estimate of drug-likeness (QED) is 0.360. The van der Waals surface area contributed by atoms with Crippen LogP contribution in [0.5, 0.6) is 5.75 Å². The van der Waals surface area contributed by atoms with Crippen molar-refractivity contribution < 1.29 is 14.6 Å². The van der Waals surface area contributed by atoms with Crippen LogP contribution in [0.1, 0.15) is 22.8 Å². The van der Waals surface area contributed by atoms with Gasteiger partial charge in [-0.25, -0.2) is 4.79 Å². The van der Waals surface area contributed by atoms with Gasteiger partial charge in [-0.3, -0.25) is 5.41 Å². The molecule has 0 unspecified atom stereocenters. The lowest BCUT2D eigenvalue weighted by atomic mass is 10.1. The van der Waals surface area contributed by atoms with Crippen LogP contribution in [0.3, 0.4) is 0 Å². The molecule has 0 radical (unpaired) electrons. The van der Waals surface area contributed by atoms with Gasteiger partial charge in [0.1, 0.15) is 5.75 Å². The maximum Gasteiger partial charge on any atom is 0.335 e. The summed E-state index contributed by atoms with van der Waals surface area (Å²) in [6, 6.07) is 13.8. The summed E-state index contributed by atoms with van der Waals surface area (Å²) in [6.07, 6.45) is 5.16. The predicted octanol–water partition coefficient (Wildman–Crippen LogP) is 5.18. The molecule has 0 saturated carbocycles. The molecule has 2 aromatic carbocycles. The molecule has 0 bridgehead atoms. The number of nitrogens with one attached hydrogen (secondary N) is 2. The number of anilines is 1. The van der Waals surface area contributed by atoms with E-state index in [1.165, 1.54) is 12.1 Å². The first-order valence-corrected chi connectivity index (χ1v) is 8.37. The van der Waals surface area contributed by atoms with E-state index in [1.54, 1.807) is 30.4 Å². The molecule has 0 saturated heterocycles. The van der Waals surface area contributed by atoms with Crippen LogP contribution >= 0.6 is 0 Å². The number of aromatic carboxylic acids is 1. The van der Waals surface area contributed by atoms with Crippen molar-refractivity contribution in [2.45, 2.75) is 13.8 Å². The first kappa shape index (κ1) is 19.7. The van der Waals surface area contributed by atoms with E-state index < -0.39 is 5.97 Å². The number of rotatable bonds is 7. The molecule has 5 nitrogen and oxygen atoms in total. The Hall–Kier alpha value is -3.60. The van der Waals surface area contributed by atoms with Crippen LogP contribution in [0.25, 0.3) is 0 Å². The zero-order valence-electron chi connectivity index (χ0n) is 15.3. The zero-order valence-corrected chi connectivity index (χ0v) is 15.3. The van der Waals surface area contributed by atoms with Crippen molar-refractivity contribution in [2.24, 2.45) is 0 Å². The molecule has 0 heterocycles. The number of carboxylic acid groups (broad SMARTS) is 1. The van der Waals surface area contributed by atoms with E-state index in [0.717, 1.165) is 5.56 Å². The fourth-order valence-corrected chi connectivity index (χ4v) is 2.39. The summed E-state index contributed by atoms with van der Waals surface area (Å²) >= 11 is 0. The lowest BCUT2D eigenvalue weighted by Gasteiger charge is -2.14. The molecule has 0 amide bonds. The van der Waals surface area contributed by atoms with Gasteiger partial charge in [0.15, 0.2) is 0 Å². The minimum atomic E-state index is -0.982. The fraction of sp³-hybridized carbons (Fsp3) is 0.0909. The van der Waals surface area contributed by atoms with Crippen molar-refractivity contribution in [3.63, 3.8) is 0 Å². The van der Waals surface area contributed by atoms with Gasteiger partial charge >= 0.3 is 5.97 Å². The van der Waals surface area contributed by atoms with Gasteiger partial charge in [-0.15, -0.1) is 0 Å². The fourth-order valence-electron chi connectivity index (χ4n) is 2.39. The number of ether oxygens (including phenoxy) is 1. The molecular formula is C22H22N2O3. The first-order chi connectivity index (χ1) is 12.9. The third kappa shape index (κ3) is 5.44. The molecule has 2 rings (SSSR count). The summed E-state index contributed by atoms with van der Waals surface area (Å²) in [4.78, 5) is 11.0. The van der Waals surface area contributed by atoms with Gasteiger partial charge in [0.25, 0.3) is 0 Å². The Balaban J connectivity index is 2.30. The lowest BCUT2D eigenvalue weighted by Crippen LogP contribution is -2.14. The minimum absolute atomic E-state index is 0.0248. The van der Waals surface area contributed by atoms with E-state index in [-0.39, 0.29) is 11.5 Å². The van der Waals surface area contributed by atoms with Gasteiger partial charge in [-0.1, -0.05) is 30.9 Å². The Morgan fingerprint density at radius 1 is 1.22 bits per heavy atom. The van der Waals surface area contributed by atoms with Crippen molar-refractivity contribution in [1.29, 1.82) is 5.41 Å². The van der Waals surface area contributed by atoms with Crippen LogP contribution in [0, 0.1) is 12.3 Å². The third-order valence-electron chi connectivity index (χ3n) is 3.69. The first-order valence-electron chi connectivity index (χ1n) is 8.37. The number of carboxylic acids is 1. The Morgan fingerprint density at radius 2 is 1.93 bits per heavy atom. The van der Waals surface area contributed by atoms with E-state index in [2.05, 4.69) is 11.9 Å². The molecule has 0 aliphatic carbocycles. The highest BCUT2D eigenvalue weighted by molar-refractivity contribution is 5.97. The molecule has 0 fully saturated rings. The Morgan fingerprint density at radius 3 is 2.48 bits per heavy atom. The lowest BCUT2D eigenvalue weighted by molar-refractivity contribution is 0.0697. The number of benzene rings is 2. The second-order valence-electron chi connectivity index (χ2n) is 5.79. The van der Waals surface area contributed by atoms with Gasteiger partial charge in [-0.05, 0) is 61.9 Å². The molecule has 0 aliphatic heterocycles. The second-order valence-corrected chi connectivity index (χ2v) is 5.79. The highest BCUT2D eigenvalue weighted by atomic mass is 16.5. The summed E-state index contributed by atoms with van der Waals surface area (Å²) in [6.45, 7) is 7.61. The van der Waals surface area contributed by atoms with Crippen molar-refractivity contribution in [3.8, 4) is 5.75 Å². The summed E-state index contributed by atoms with van der Waals surface area (Å²) in [5, 5.41) is 20.5. The van der Waals surface area contributed by atoms with Crippen LogP contribution in [0.15, 0.2) is 84.6 Å². The van der Waals surface area contributed by atoms with E-state index >= 15 is 0 Å². The van der Waals surface area contributed by atoms with Crippen LogP contribution in [0.4, 0.5) is 5.69 Å². The molecule has 0 atom stereocenters. The van der Waals surface area contributed by atoms with Gasteiger partial charge < -0.3 is 15.2 Å².